The highest BCUT2D eigenvalue weighted by molar-refractivity contribution is 8.76. The fourth-order valence-electron chi connectivity index (χ4n) is 0.647. The Hall–Kier alpha value is 1.57. The molecule has 0 N–H and O–H groups in total. The Labute approximate surface area is 91.1 Å². The Morgan fingerprint density at radius 3 is 1.73 bits per heavy atom. The first kappa shape index (κ1) is 12.6. The zero-order valence-corrected chi connectivity index (χ0v) is 10.5. The first-order chi connectivity index (χ1) is 4.89. The number of alkyl halides is 3. The van der Waals surface area contributed by atoms with E-state index in [1.165, 1.54) is 0 Å². The second-order valence-corrected chi connectivity index (χ2v) is 7.45. The van der Waals surface area contributed by atoms with E-state index in [0.29, 0.717) is 5.92 Å². The lowest BCUT2D eigenvalue weighted by Gasteiger charge is -2.25. The van der Waals surface area contributed by atoms with E-state index in [-0.39, 0.29) is 5.25 Å². The van der Waals surface area contributed by atoms with Crippen LogP contribution in [-0.2, 0) is 0 Å². The molecule has 0 nitrogen and oxygen atoms in total. The van der Waals surface area contributed by atoms with E-state index < -0.39 is 3.79 Å². The minimum absolute atomic E-state index is 0.0579. The average molecular weight is 254 g/mol. The first-order valence-electron chi connectivity index (χ1n) is 3.15. The minimum atomic E-state index is -1.15. The van der Waals surface area contributed by atoms with Crippen LogP contribution in [0.5, 0.6) is 0 Å². The van der Waals surface area contributed by atoms with Gasteiger partial charge in [-0.05, 0) is 12.2 Å². The monoisotopic (exact) mass is 252 g/mol. The largest absolute Gasteiger partial charge is 0.203 e. The fraction of sp³-hybridized carbons (Fsp3) is 1.00. The van der Waals surface area contributed by atoms with Gasteiger partial charge in [-0.2, -0.15) is 0 Å². The van der Waals surface area contributed by atoms with Crippen LogP contribution < -0.4 is 0 Å². The van der Waals surface area contributed by atoms with Crippen molar-refractivity contribution in [3.05, 3.63) is 0 Å². The maximum absolute atomic E-state index is 5.77. The molecule has 5 heteroatoms. The van der Waals surface area contributed by atoms with E-state index >= 15 is 0 Å². The Bertz CT molecular complexity index is 111. The normalized spacial score (nSPS) is 15.5. The van der Waals surface area contributed by atoms with E-state index in [9.17, 15) is 0 Å². The molecule has 68 valence electrons. The molecule has 0 saturated carbocycles. The van der Waals surface area contributed by atoms with Gasteiger partial charge >= 0.3 is 0 Å². The van der Waals surface area contributed by atoms with Gasteiger partial charge in [0.2, 0.25) is 3.79 Å². The van der Waals surface area contributed by atoms with Crippen LogP contribution in [0.3, 0.4) is 0 Å². The Morgan fingerprint density at radius 1 is 1.18 bits per heavy atom. The molecule has 0 aromatic heterocycles. The third kappa shape index (κ3) is 4.99. The molecule has 0 aromatic rings. The highest BCUT2D eigenvalue weighted by Gasteiger charge is 2.35. The Morgan fingerprint density at radius 2 is 1.64 bits per heavy atom. The van der Waals surface area contributed by atoms with E-state index in [0.717, 1.165) is 0 Å². The van der Waals surface area contributed by atoms with Gasteiger partial charge in [0.1, 0.15) is 0 Å². The van der Waals surface area contributed by atoms with Crippen LogP contribution >= 0.6 is 56.4 Å². The average Bonchev–Trinajstić information content (AvgIpc) is 1.79. The standard InChI is InChI=1S/C6H11Cl3S2/c1-4(2)5(11-10-3)6(7,8)9/h4-5H,1-3H3. The molecule has 0 rings (SSSR count). The zero-order chi connectivity index (χ0) is 9.07. The molecule has 0 radical (unpaired) electrons. The molecule has 0 amide bonds. The molecule has 11 heavy (non-hydrogen) atoms. The molecular formula is C6H11Cl3S2. The Kier molecular flexibility index (Phi) is 6.09. The van der Waals surface area contributed by atoms with Crippen molar-refractivity contribution in [2.75, 3.05) is 6.26 Å². The molecular weight excluding hydrogens is 243 g/mol. The molecule has 1 atom stereocenters. The number of hydrogen-bond acceptors (Lipinski definition) is 2. The van der Waals surface area contributed by atoms with Crippen LogP contribution in [-0.4, -0.2) is 15.3 Å². The summed E-state index contributed by atoms with van der Waals surface area (Å²) in [5.41, 5.74) is 0. The van der Waals surface area contributed by atoms with Gasteiger partial charge < -0.3 is 0 Å². The van der Waals surface area contributed by atoms with E-state index in [1.54, 1.807) is 21.6 Å². The SMILES string of the molecule is CSSC(C(C)C)C(Cl)(Cl)Cl. The van der Waals surface area contributed by atoms with Gasteiger partial charge in [0.05, 0.1) is 5.25 Å². The lowest BCUT2D eigenvalue weighted by atomic mass is 10.1. The van der Waals surface area contributed by atoms with Crippen LogP contribution in [0.2, 0.25) is 0 Å². The van der Waals surface area contributed by atoms with Crippen molar-refractivity contribution in [2.45, 2.75) is 22.9 Å². The third-order valence-corrected chi connectivity index (χ3v) is 4.72. The molecule has 0 aliphatic heterocycles. The maximum Gasteiger partial charge on any atom is 0.203 e. The third-order valence-electron chi connectivity index (χ3n) is 1.13. The van der Waals surface area contributed by atoms with Gasteiger partial charge in [-0.25, -0.2) is 0 Å². The van der Waals surface area contributed by atoms with Crippen LogP contribution in [0.4, 0.5) is 0 Å². The quantitative estimate of drug-likeness (QED) is 0.540. The topological polar surface area (TPSA) is 0 Å². The van der Waals surface area contributed by atoms with Crippen LogP contribution in [0, 0.1) is 5.92 Å². The second kappa shape index (κ2) is 5.33. The maximum atomic E-state index is 5.77. The highest BCUT2D eigenvalue weighted by Crippen LogP contribution is 2.44. The number of rotatable bonds is 3. The van der Waals surface area contributed by atoms with Gasteiger partial charge in [0, 0.05) is 0 Å². The van der Waals surface area contributed by atoms with Crippen molar-refractivity contribution in [2.24, 2.45) is 5.92 Å². The van der Waals surface area contributed by atoms with E-state index in [1.807, 2.05) is 6.26 Å². The fourth-order valence-corrected chi connectivity index (χ4v) is 4.54. The van der Waals surface area contributed by atoms with Crippen LogP contribution in [0.1, 0.15) is 13.8 Å². The highest BCUT2D eigenvalue weighted by atomic mass is 35.6. The number of halogens is 3. The Balaban J connectivity index is 4.10. The molecule has 0 aromatic carbocycles. The van der Waals surface area contributed by atoms with Crippen LogP contribution in [0.25, 0.3) is 0 Å². The second-order valence-electron chi connectivity index (χ2n) is 2.47. The molecule has 1 unspecified atom stereocenters. The lowest BCUT2D eigenvalue weighted by molar-refractivity contribution is 0.617. The summed E-state index contributed by atoms with van der Waals surface area (Å²) in [7, 11) is 3.24. The predicted molar refractivity (Wildman–Crippen MR) is 60.0 cm³/mol. The van der Waals surface area contributed by atoms with Crippen molar-refractivity contribution in [3.63, 3.8) is 0 Å². The van der Waals surface area contributed by atoms with Crippen molar-refractivity contribution < 1.29 is 0 Å². The van der Waals surface area contributed by atoms with Crippen molar-refractivity contribution in [1.29, 1.82) is 0 Å². The summed E-state index contributed by atoms with van der Waals surface area (Å²) in [5, 5.41) is 0.0579. The molecule has 0 heterocycles. The molecule has 0 spiro atoms. The summed E-state index contributed by atoms with van der Waals surface area (Å²) in [6.07, 6.45) is 1.98. The van der Waals surface area contributed by atoms with Gasteiger partial charge in [-0.3, -0.25) is 0 Å². The molecule has 0 aliphatic rings. The summed E-state index contributed by atoms with van der Waals surface area (Å²) in [6.45, 7) is 4.10. The number of hydrogen-bond donors (Lipinski definition) is 0. The van der Waals surface area contributed by atoms with E-state index in [4.69, 9.17) is 34.8 Å². The van der Waals surface area contributed by atoms with Crippen molar-refractivity contribution in [1.82, 2.24) is 0 Å². The summed E-state index contributed by atoms with van der Waals surface area (Å²) >= 11 is 17.3. The van der Waals surface area contributed by atoms with Crippen molar-refractivity contribution >= 4 is 56.4 Å². The van der Waals surface area contributed by atoms with E-state index in [2.05, 4.69) is 13.8 Å². The molecule has 0 bridgehead atoms. The minimum Gasteiger partial charge on any atom is -0.0972 e. The molecule has 0 fully saturated rings. The summed E-state index contributed by atoms with van der Waals surface area (Å²) in [4.78, 5) is 0. The lowest BCUT2D eigenvalue weighted by Crippen LogP contribution is -2.26. The molecule has 0 saturated heterocycles. The van der Waals surface area contributed by atoms with Gasteiger partial charge in [-0.1, -0.05) is 70.2 Å². The smallest absolute Gasteiger partial charge is 0.0972 e. The molecule has 0 aliphatic carbocycles. The summed E-state index contributed by atoms with van der Waals surface area (Å²) in [6, 6.07) is 0. The summed E-state index contributed by atoms with van der Waals surface area (Å²) < 4.78 is -1.15. The predicted octanol–water partition coefficient (Wildman–Crippen LogP) is 4.39. The van der Waals surface area contributed by atoms with Gasteiger partial charge in [0.25, 0.3) is 0 Å². The van der Waals surface area contributed by atoms with Gasteiger partial charge in [0.15, 0.2) is 0 Å². The first-order valence-corrected chi connectivity index (χ1v) is 6.91. The van der Waals surface area contributed by atoms with Gasteiger partial charge in [-0.15, -0.1) is 0 Å². The summed E-state index contributed by atoms with van der Waals surface area (Å²) in [5.74, 6) is 0.375. The van der Waals surface area contributed by atoms with Crippen LogP contribution in [0.15, 0.2) is 0 Å². The zero-order valence-electron chi connectivity index (χ0n) is 6.61. The van der Waals surface area contributed by atoms with Crippen molar-refractivity contribution in [3.8, 4) is 0 Å².